The molecule has 1 N–H and O–H groups in total. The van der Waals surface area contributed by atoms with E-state index in [1.165, 1.54) is 0 Å². The second-order valence-corrected chi connectivity index (χ2v) is 5.47. The lowest BCUT2D eigenvalue weighted by atomic mass is 9.95. The molecule has 2 amide bonds. The van der Waals surface area contributed by atoms with Crippen LogP contribution in [0.1, 0.15) is 25.3 Å². The molecule has 0 saturated carbocycles. The van der Waals surface area contributed by atoms with Crippen molar-refractivity contribution in [3.63, 3.8) is 0 Å². The van der Waals surface area contributed by atoms with Crippen LogP contribution < -0.4 is 10.1 Å². The number of rotatable bonds is 3. The zero-order chi connectivity index (χ0) is 15.4. The fraction of sp³-hybridized carbons (Fsp3) is 0.500. The number of methoxy groups -OCH3 is 1. The first-order valence-electron chi connectivity index (χ1n) is 7.22. The molecule has 1 aromatic carbocycles. The highest BCUT2D eigenvalue weighted by atomic mass is 16.5. The predicted octanol–water partition coefficient (Wildman–Crippen LogP) is 2.20. The smallest absolute Gasteiger partial charge is 0.227 e. The van der Waals surface area contributed by atoms with Crippen molar-refractivity contribution >= 4 is 17.5 Å². The van der Waals surface area contributed by atoms with Crippen molar-refractivity contribution < 1.29 is 14.3 Å². The van der Waals surface area contributed by atoms with Gasteiger partial charge in [0.05, 0.1) is 12.8 Å². The molecule has 1 heterocycles. The van der Waals surface area contributed by atoms with Gasteiger partial charge >= 0.3 is 0 Å². The van der Waals surface area contributed by atoms with Gasteiger partial charge in [-0.1, -0.05) is 6.07 Å². The summed E-state index contributed by atoms with van der Waals surface area (Å²) < 4.78 is 5.27. The SMILES string of the molecule is COc1ccc(C)cc1NC(=O)C1CCN(C(C)=O)CC1. The Morgan fingerprint density at radius 1 is 1.29 bits per heavy atom. The molecule has 0 aliphatic carbocycles. The summed E-state index contributed by atoms with van der Waals surface area (Å²) in [4.78, 5) is 25.4. The summed E-state index contributed by atoms with van der Waals surface area (Å²) >= 11 is 0. The number of ether oxygens (including phenoxy) is 1. The van der Waals surface area contributed by atoms with Crippen molar-refractivity contribution in [2.45, 2.75) is 26.7 Å². The van der Waals surface area contributed by atoms with E-state index in [9.17, 15) is 9.59 Å². The number of anilines is 1. The summed E-state index contributed by atoms with van der Waals surface area (Å²) in [5.41, 5.74) is 1.77. The first-order chi connectivity index (χ1) is 10.0. The average molecular weight is 290 g/mol. The van der Waals surface area contributed by atoms with E-state index in [1.54, 1.807) is 18.9 Å². The molecule has 0 atom stereocenters. The number of hydrogen-bond acceptors (Lipinski definition) is 3. The van der Waals surface area contributed by atoms with Gasteiger partial charge in [-0.3, -0.25) is 9.59 Å². The number of hydrogen-bond donors (Lipinski definition) is 1. The fourth-order valence-electron chi connectivity index (χ4n) is 2.61. The van der Waals surface area contributed by atoms with Crippen LogP contribution in [-0.2, 0) is 9.59 Å². The highest BCUT2D eigenvalue weighted by Gasteiger charge is 2.26. The van der Waals surface area contributed by atoms with Gasteiger partial charge in [0.15, 0.2) is 0 Å². The average Bonchev–Trinajstić information content (AvgIpc) is 2.47. The number of carbonyl (C=O) groups excluding carboxylic acids is 2. The number of piperidine rings is 1. The molecule has 0 bridgehead atoms. The van der Waals surface area contributed by atoms with Gasteiger partial charge in [0.25, 0.3) is 0 Å². The van der Waals surface area contributed by atoms with Gasteiger partial charge in [0.2, 0.25) is 11.8 Å². The molecule has 0 aromatic heterocycles. The molecule has 1 saturated heterocycles. The first-order valence-corrected chi connectivity index (χ1v) is 7.22. The van der Waals surface area contributed by atoms with Gasteiger partial charge in [-0.25, -0.2) is 0 Å². The Morgan fingerprint density at radius 2 is 1.95 bits per heavy atom. The van der Waals surface area contributed by atoms with E-state index in [-0.39, 0.29) is 17.7 Å². The largest absolute Gasteiger partial charge is 0.495 e. The highest BCUT2D eigenvalue weighted by molar-refractivity contribution is 5.94. The van der Waals surface area contributed by atoms with Crippen molar-refractivity contribution in [2.75, 3.05) is 25.5 Å². The molecule has 0 unspecified atom stereocenters. The quantitative estimate of drug-likeness (QED) is 0.928. The standard InChI is InChI=1S/C16H22N2O3/c1-11-4-5-15(21-3)14(10-11)17-16(20)13-6-8-18(9-7-13)12(2)19/h4-5,10,13H,6-9H2,1-3H3,(H,17,20). The van der Waals surface area contributed by atoms with E-state index < -0.39 is 0 Å². The number of nitrogens with one attached hydrogen (secondary N) is 1. The second-order valence-electron chi connectivity index (χ2n) is 5.47. The summed E-state index contributed by atoms with van der Waals surface area (Å²) in [6.07, 6.45) is 1.42. The maximum atomic E-state index is 12.4. The molecular formula is C16H22N2O3. The molecule has 5 nitrogen and oxygen atoms in total. The summed E-state index contributed by atoms with van der Waals surface area (Å²) in [5.74, 6) is 0.692. The van der Waals surface area contributed by atoms with Gasteiger partial charge < -0.3 is 15.0 Å². The maximum absolute atomic E-state index is 12.4. The van der Waals surface area contributed by atoms with E-state index in [0.717, 1.165) is 5.56 Å². The molecular weight excluding hydrogens is 268 g/mol. The van der Waals surface area contributed by atoms with Gasteiger partial charge in [-0.05, 0) is 37.5 Å². The van der Waals surface area contributed by atoms with Crippen LogP contribution in [0.5, 0.6) is 5.75 Å². The van der Waals surface area contributed by atoms with Crippen LogP contribution >= 0.6 is 0 Å². The number of amides is 2. The Bertz CT molecular complexity index is 534. The lowest BCUT2D eigenvalue weighted by molar-refractivity contribution is -0.132. The summed E-state index contributed by atoms with van der Waals surface area (Å²) in [6.45, 7) is 4.84. The van der Waals surface area contributed by atoms with E-state index in [2.05, 4.69) is 5.32 Å². The molecule has 1 fully saturated rings. The predicted molar refractivity (Wildman–Crippen MR) is 81.3 cm³/mol. The van der Waals surface area contributed by atoms with Crippen molar-refractivity contribution in [3.8, 4) is 5.75 Å². The van der Waals surface area contributed by atoms with Crippen LogP contribution in [-0.4, -0.2) is 36.9 Å². The summed E-state index contributed by atoms with van der Waals surface area (Å²) in [6, 6.07) is 5.70. The number of benzene rings is 1. The minimum atomic E-state index is -0.0502. The van der Waals surface area contributed by atoms with Crippen LogP contribution in [0.25, 0.3) is 0 Å². The normalized spacial score (nSPS) is 15.7. The van der Waals surface area contributed by atoms with Crippen molar-refractivity contribution in [1.82, 2.24) is 4.90 Å². The van der Waals surface area contributed by atoms with Crippen molar-refractivity contribution in [1.29, 1.82) is 0 Å². The summed E-state index contributed by atoms with van der Waals surface area (Å²) in [7, 11) is 1.59. The van der Waals surface area contributed by atoms with E-state index in [1.807, 2.05) is 25.1 Å². The molecule has 114 valence electrons. The number of nitrogens with zero attached hydrogens (tertiary/aromatic N) is 1. The van der Waals surface area contributed by atoms with Gasteiger partial charge in [-0.15, -0.1) is 0 Å². The minimum absolute atomic E-state index is 0.00195. The molecule has 1 aliphatic rings. The van der Waals surface area contributed by atoms with Crippen LogP contribution in [0.4, 0.5) is 5.69 Å². The molecule has 2 rings (SSSR count). The van der Waals surface area contributed by atoms with Crippen molar-refractivity contribution in [3.05, 3.63) is 23.8 Å². The Morgan fingerprint density at radius 3 is 2.52 bits per heavy atom. The molecule has 1 aliphatic heterocycles. The Labute approximate surface area is 125 Å². The third-order valence-corrected chi connectivity index (χ3v) is 3.92. The third-order valence-electron chi connectivity index (χ3n) is 3.92. The van der Waals surface area contributed by atoms with Crippen molar-refractivity contribution in [2.24, 2.45) is 5.92 Å². The van der Waals surface area contributed by atoms with Gasteiger partial charge in [-0.2, -0.15) is 0 Å². The van der Waals surface area contributed by atoms with E-state index in [4.69, 9.17) is 4.74 Å². The Kier molecular flexibility index (Phi) is 4.83. The van der Waals surface area contributed by atoms with Crippen LogP contribution in [0.2, 0.25) is 0 Å². The Hall–Kier alpha value is -2.04. The zero-order valence-corrected chi connectivity index (χ0v) is 12.8. The molecule has 0 radical (unpaired) electrons. The van der Waals surface area contributed by atoms with Crippen LogP contribution in [0, 0.1) is 12.8 Å². The van der Waals surface area contributed by atoms with Crippen LogP contribution in [0.3, 0.4) is 0 Å². The monoisotopic (exact) mass is 290 g/mol. The topological polar surface area (TPSA) is 58.6 Å². The number of likely N-dealkylation sites (tertiary alicyclic amines) is 1. The van der Waals surface area contributed by atoms with E-state index >= 15 is 0 Å². The second kappa shape index (κ2) is 6.61. The lowest BCUT2D eigenvalue weighted by Crippen LogP contribution is -2.40. The number of aryl methyl sites for hydroxylation is 1. The summed E-state index contributed by atoms with van der Waals surface area (Å²) in [5, 5.41) is 2.95. The fourth-order valence-corrected chi connectivity index (χ4v) is 2.61. The molecule has 0 spiro atoms. The maximum Gasteiger partial charge on any atom is 0.227 e. The third kappa shape index (κ3) is 3.74. The first kappa shape index (κ1) is 15.4. The van der Waals surface area contributed by atoms with Gasteiger partial charge in [0, 0.05) is 25.9 Å². The molecule has 5 heteroatoms. The molecule has 21 heavy (non-hydrogen) atoms. The molecule has 1 aromatic rings. The van der Waals surface area contributed by atoms with Gasteiger partial charge in [0.1, 0.15) is 5.75 Å². The number of carbonyl (C=O) groups is 2. The van der Waals surface area contributed by atoms with E-state index in [0.29, 0.717) is 37.4 Å². The lowest BCUT2D eigenvalue weighted by Gasteiger charge is -2.30. The highest BCUT2D eigenvalue weighted by Crippen LogP contribution is 2.27. The van der Waals surface area contributed by atoms with Crippen LogP contribution in [0.15, 0.2) is 18.2 Å². The Balaban J connectivity index is 1.99. The zero-order valence-electron chi connectivity index (χ0n) is 12.8. The minimum Gasteiger partial charge on any atom is -0.495 e.